The van der Waals surface area contributed by atoms with Crippen LogP contribution in [-0.4, -0.2) is 79.6 Å². The topological polar surface area (TPSA) is 83.0 Å². The molecule has 1 atom stereocenters. The molecule has 220 valence electrons. The second-order valence-corrected chi connectivity index (χ2v) is 10.3. The Bertz CT molecular complexity index is 1230. The zero-order valence-corrected chi connectivity index (χ0v) is 24.8. The summed E-state index contributed by atoms with van der Waals surface area (Å²) in [4.78, 5) is 14.7. The standard InChI is InChI=1S/C29H38FN5O3.2ClH/c1-37-26-16-24-25(17-27(26)38-2)32-29(33-28(24)31-12-9-20-5-7-22(30)8-6-20)34-14-10-23(11-15-34)35-13-3-4-21(18-35)19-36;;/h5-8,16-17,21,23,36H,3-4,9-15,18-19H2,1-2H3,(H,31,32,33);2*1H. The van der Waals surface area contributed by atoms with Crippen LogP contribution in [0.5, 0.6) is 11.5 Å². The lowest BCUT2D eigenvalue weighted by Gasteiger charge is -2.42. The maximum absolute atomic E-state index is 13.3. The highest BCUT2D eigenvalue weighted by molar-refractivity contribution is 5.92. The van der Waals surface area contributed by atoms with Gasteiger partial charge in [0.25, 0.3) is 0 Å². The van der Waals surface area contributed by atoms with Crippen LogP contribution in [0.3, 0.4) is 0 Å². The number of hydrogen-bond donors (Lipinski definition) is 2. The van der Waals surface area contributed by atoms with Crippen LogP contribution >= 0.6 is 24.8 Å². The van der Waals surface area contributed by atoms with Gasteiger partial charge in [-0.1, -0.05) is 12.1 Å². The van der Waals surface area contributed by atoms with E-state index in [9.17, 15) is 9.50 Å². The Balaban J connectivity index is 0.00000220. The molecule has 0 radical (unpaired) electrons. The monoisotopic (exact) mass is 595 g/mol. The summed E-state index contributed by atoms with van der Waals surface area (Å²) in [6.07, 6.45) is 5.14. The molecule has 8 nitrogen and oxygen atoms in total. The predicted octanol–water partition coefficient (Wildman–Crippen LogP) is 4.96. The van der Waals surface area contributed by atoms with Crippen molar-refractivity contribution in [1.82, 2.24) is 14.9 Å². The molecule has 1 unspecified atom stereocenters. The lowest BCUT2D eigenvalue weighted by molar-refractivity contribution is 0.0776. The maximum atomic E-state index is 13.3. The van der Waals surface area contributed by atoms with E-state index in [1.54, 1.807) is 14.2 Å². The van der Waals surface area contributed by atoms with Gasteiger partial charge in [0.05, 0.1) is 19.7 Å². The van der Waals surface area contributed by atoms with Gasteiger partial charge in [-0.3, -0.25) is 4.90 Å². The maximum Gasteiger partial charge on any atom is 0.227 e. The minimum atomic E-state index is -0.230. The van der Waals surface area contributed by atoms with Crippen molar-refractivity contribution in [2.24, 2.45) is 5.92 Å². The van der Waals surface area contributed by atoms with Gasteiger partial charge in [0, 0.05) is 50.3 Å². The van der Waals surface area contributed by atoms with E-state index >= 15 is 0 Å². The molecule has 0 bridgehead atoms. The SMILES string of the molecule is COc1cc2nc(N3CCC(N4CCCC(CO)C4)CC3)nc(NCCc3ccc(F)cc3)c2cc1OC.Cl.Cl. The number of aromatic nitrogens is 2. The average Bonchev–Trinajstić information content (AvgIpc) is 2.97. The second-order valence-electron chi connectivity index (χ2n) is 10.3. The number of ether oxygens (including phenoxy) is 2. The molecule has 11 heteroatoms. The summed E-state index contributed by atoms with van der Waals surface area (Å²) >= 11 is 0. The van der Waals surface area contributed by atoms with Crippen LogP contribution in [0.4, 0.5) is 16.2 Å². The lowest BCUT2D eigenvalue weighted by Crippen LogP contribution is -2.49. The van der Waals surface area contributed by atoms with Gasteiger partial charge in [0.1, 0.15) is 11.6 Å². The molecule has 0 spiro atoms. The second kappa shape index (κ2) is 14.9. The molecule has 2 aromatic carbocycles. The number of nitrogens with zero attached hydrogens (tertiary/aromatic N) is 4. The summed E-state index contributed by atoms with van der Waals surface area (Å²) < 4.78 is 24.4. The summed E-state index contributed by atoms with van der Waals surface area (Å²) in [6.45, 7) is 4.83. The number of methoxy groups -OCH3 is 2. The molecule has 0 aliphatic carbocycles. The van der Waals surface area contributed by atoms with Crippen molar-refractivity contribution in [2.45, 2.75) is 38.1 Å². The van der Waals surface area contributed by atoms with Crippen molar-refractivity contribution in [2.75, 3.05) is 63.8 Å². The quantitative estimate of drug-likeness (QED) is 0.359. The number of fused-ring (bicyclic) bond motifs is 1. The van der Waals surface area contributed by atoms with Crippen molar-refractivity contribution in [1.29, 1.82) is 0 Å². The molecule has 40 heavy (non-hydrogen) atoms. The van der Waals surface area contributed by atoms with Crippen LogP contribution in [0, 0.1) is 11.7 Å². The number of hydrogen-bond acceptors (Lipinski definition) is 8. The summed E-state index contributed by atoms with van der Waals surface area (Å²) in [7, 11) is 3.25. The van der Waals surface area contributed by atoms with Crippen molar-refractivity contribution in [3.05, 3.63) is 47.8 Å². The van der Waals surface area contributed by atoms with E-state index in [2.05, 4.69) is 15.1 Å². The number of aliphatic hydroxyl groups is 1. The number of likely N-dealkylation sites (tertiary alicyclic amines) is 1. The Morgan fingerprint density at radius 3 is 2.35 bits per heavy atom. The Kier molecular flexibility index (Phi) is 11.9. The number of halogens is 3. The fraction of sp³-hybridized carbons (Fsp3) is 0.517. The van der Waals surface area contributed by atoms with E-state index < -0.39 is 0 Å². The number of benzene rings is 2. The third kappa shape index (κ3) is 7.37. The van der Waals surface area contributed by atoms with Gasteiger partial charge in [-0.05, 0) is 68.3 Å². The molecule has 2 fully saturated rings. The number of nitrogens with one attached hydrogen (secondary N) is 1. The van der Waals surface area contributed by atoms with E-state index in [1.807, 2.05) is 24.3 Å². The molecular weight excluding hydrogens is 556 g/mol. The molecular formula is C29H40Cl2FN5O3. The van der Waals surface area contributed by atoms with Gasteiger partial charge in [0.15, 0.2) is 11.5 Å². The molecule has 2 aliphatic rings. The molecule has 2 N–H and O–H groups in total. The Labute approximate surface area is 248 Å². The lowest BCUT2D eigenvalue weighted by atomic mass is 9.94. The predicted molar refractivity (Wildman–Crippen MR) is 162 cm³/mol. The first-order valence-corrected chi connectivity index (χ1v) is 13.6. The Morgan fingerprint density at radius 1 is 0.975 bits per heavy atom. The van der Waals surface area contributed by atoms with Crippen LogP contribution in [0.2, 0.25) is 0 Å². The van der Waals surface area contributed by atoms with Crippen LogP contribution in [0.25, 0.3) is 10.9 Å². The minimum absolute atomic E-state index is 0. The van der Waals surface area contributed by atoms with Crippen molar-refractivity contribution in [3.8, 4) is 11.5 Å². The van der Waals surface area contributed by atoms with E-state index in [-0.39, 0.29) is 37.2 Å². The van der Waals surface area contributed by atoms with Gasteiger partial charge in [0.2, 0.25) is 5.95 Å². The van der Waals surface area contributed by atoms with E-state index in [0.29, 0.717) is 36.0 Å². The molecule has 1 aromatic heterocycles. The zero-order valence-electron chi connectivity index (χ0n) is 23.1. The highest BCUT2D eigenvalue weighted by Gasteiger charge is 2.29. The zero-order chi connectivity index (χ0) is 26.5. The first kappa shape index (κ1) is 31.9. The summed E-state index contributed by atoms with van der Waals surface area (Å²) in [5.41, 5.74) is 1.85. The molecule has 3 heterocycles. The summed E-state index contributed by atoms with van der Waals surface area (Å²) in [5.74, 6) is 2.88. The van der Waals surface area contributed by atoms with E-state index in [0.717, 1.165) is 80.6 Å². The van der Waals surface area contributed by atoms with Gasteiger partial charge < -0.3 is 24.8 Å². The van der Waals surface area contributed by atoms with Crippen LogP contribution in [0.15, 0.2) is 36.4 Å². The van der Waals surface area contributed by atoms with E-state index in [4.69, 9.17) is 19.4 Å². The van der Waals surface area contributed by atoms with Gasteiger partial charge in [-0.2, -0.15) is 4.98 Å². The fourth-order valence-electron chi connectivity index (χ4n) is 5.70. The molecule has 3 aromatic rings. The summed E-state index contributed by atoms with van der Waals surface area (Å²) in [6, 6.07) is 11.0. The van der Waals surface area contributed by atoms with Gasteiger partial charge in [-0.25, -0.2) is 9.37 Å². The van der Waals surface area contributed by atoms with Gasteiger partial charge >= 0.3 is 0 Å². The van der Waals surface area contributed by atoms with E-state index in [1.165, 1.54) is 12.1 Å². The van der Waals surface area contributed by atoms with Crippen LogP contribution < -0.4 is 19.7 Å². The summed E-state index contributed by atoms with van der Waals surface area (Å²) in [5, 5.41) is 14.0. The van der Waals surface area contributed by atoms with Crippen molar-refractivity contribution >= 4 is 47.5 Å². The van der Waals surface area contributed by atoms with Crippen LogP contribution in [-0.2, 0) is 6.42 Å². The third-order valence-corrected chi connectivity index (χ3v) is 7.88. The normalized spacial score (nSPS) is 18.1. The number of aliphatic hydroxyl groups excluding tert-OH is 1. The highest BCUT2D eigenvalue weighted by Crippen LogP contribution is 2.35. The van der Waals surface area contributed by atoms with Crippen molar-refractivity contribution in [3.63, 3.8) is 0 Å². The largest absolute Gasteiger partial charge is 0.493 e. The average molecular weight is 597 g/mol. The molecule has 2 saturated heterocycles. The van der Waals surface area contributed by atoms with Crippen molar-refractivity contribution < 1.29 is 19.0 Å². The molecule has 0 saturated carbocycles. The highest BCUT2D eigenvalue weighted by atomic mass is 35.5. The first-order valence-electron chi connectivity index (χ1n) is 13.6. The number of piperidine rings is 2. The number of anilines is 2. The minimum Gasteiger partial charge on any atom is -0.493 e. The first-order chi connectivity index (χ1) is 18.6. The molecule has 0 amide bonds. The molecule has 2 aliphatic heterocycles. The third-order valence-electron chi connectivity index (χ3n) is 7.88. The van der Waals surface area contributed by atoms with Gasteiger partial charge in [-0.15, -0.1) is 24.8 Å². The Hall–Kier alpha value is -2.59. The van der Waals surface area contributed by atoms with Crippen LogP contribution in [0.1, 0.15) is 31.2 Å². The number of rotatable bonds is 9. The fourth-order valence-corrected chi connectivity index (χ4v) is 5.70. The molecule has 5 rings (SSSR count). The Morgan fingerprint density at radius 2 is 1.68 bits per heavy atom. The smallest absolute Gasteiger partial charge is 0.227 e.